The number of halogens is 1. The first-order valence-electron chi connectivity index (χ1n) is 2.93. The molecule has 0 radical (unpaired) electrons. The molecule has 1 aliphatic heterocycles. The summed E-state index contributed by atoms with van der Waals surface area (Å²) in [5.41, 5.74) is 0. The van der Waals surface area contributed by atoms with Gasteiger partial charge in [0.1, 0.15) is 12.2 Å². The van der Waals surface area contributed by atoms with Crippen molar-refractivity contribution in [3.05, 3.63) is 0 Å². The SMILES string of the molecule is O[C@@H]1[C@H](F)[C@@H](O)OC[C@H]1O. The Balaban J connectivity index is 2.52. The van der Waals surface area contributed by atoms with Gasteiger partial charge in [0.25, 0.3) is 0 Å². The molecule has 0 saturated carbocycles. The zero-order chi connectivity index (χ0) is 7.72. The van der Waals surface area contributed by atoms with Crippen LogP contribution in [0.2, 0.25) is 0 Å². The molecule has 1 saturated heterocycles. The maximum Gasteiger partial charge on any atom is 0.189 e. The van der Waals surface area contributed by atoms with Crippen molar-refractivity contribution in [1.82, 2.24) is 0 Å². The van der Waals surface area contributed by atoms with Crippen molar-refractivity contribution in [3.63, 3.8) is 0 Å². The molecule has 0 unspecified atom stereocenters. The lowest BCUT2D eigenvalue weighted by Crippen LogP contribution is -2.50. The minimum Gasteiger partial charge on any atom is -0.388 e. The molecular weight excluding hydrogens is 143 g/mol. The van der Waals surface area contributed by atoms with Crippen molar-refractivity contribution in [3.8, 4) is 0 Å². The average molecular weight is 152 g/mol. The molecule has 0 amide bonds. The smallest absolute Gasteiger partial charge is 0.189 e. The number of aliphatic hydroxyl groups is 3. The molecule has 0 spiro atoms. The number of hydrogen-bond donors (Lipinski definition) is 3. The third-order valence-corrected chi connectivity index (χ3v) is 1.43. The molecule has 0 bridgehead atoms. The van der Waals surface area contributed by atoms with Crippen LogP contribution >= 0.6 is 0 Å². The highest BCUT2D eigenvalue weighted by atomic mass is 19.1. The van der Waals surface area contributed by atoms with Crippen LogP contribution in [-0.2, 0) is 4.74 Å². The monoisotopic (exact) mass is 152 g/mol. The molecule has 60 valence electrons. The van der Waals surface area contributed by atoms with Gasteiger partial charge in [-0.15, -0.1) is 0 Å². The van der Waals surface area contributed by atoms with Gasteiger partial charge in [-0.2, -0.15) is 0 Å². The van der Waals surface area contributed by atoms with Crippen molar-refractivity contribution in [1.29, 1.82) is 0 Å². The van der Waals surface area contributed by atoms with Crippen LogP contribution in [0.5, 0.6) is 0 Å². The van der Waals surface area contributed by atoms with Gasteiger partial charge in [-0.3, -0.25) is 0 Å². The van der Waals surface area contributed by atoms with E-state index in [1.165, 1.54) is 0 Å². The Hall–Kier alpha value is -0.230. The van der Waals surface area contributed by atoms with E-state index in [9.17, 15) is 4.39 Å². The van der Waals surface area contributed by atoms with E-state index >= 15 is 0 Å². The Morgan fingerprint density at radius 3 is 2.40 bits per heavy atom. The first kappa shape index (κ1) is 7.87. The van der Waals surface area contributed by atoms with E-state index in [-0.39, 0.29) is 6.61 Å². The van der Waals surface area contributed by atoms with Crippen LogP contribution in [-0.4, -0.2) is 46.6 Å². The largest absolute Gasteiger partial charge is 0.388 e. The maximum absolute atomic E-state index is 12.4. The molecule has 3 N–H and O–H groups in total. The third-order valence-electron chi connectivity index (χ3n) is 1.43. The van der Waals surface area contributed by atoms with Crippen LogP contribution in [0.25, 0.3) is 0 Å². The molecule has 0 aromatic rings. The summed E-state index contributed by atoms with van der Waals surface area (Å²) in [5.74, 6) is 0. The minimum atomic E-state index is -1.91. The summed E-state index contributed by atoms with van der Waals surface area (Å²) in [6.07, 6.45) is -6.30. The Morgan fingerprint density at radius 1 is 1.30 bits per heavy atom. The van der Waals surface area contributed by atoms with Crippen LogP contribution in [0.1, 0.15) is 0 Å². The van der Waals surface area contributed by atoms with Gasteiger partial charge in [0.2, 0.25) is 0 Å². The minimum absolute atomic E-state index is 0.233. The van der Waals surface area contributed by atoms with E-state index in [4.69, 9.17) is 15.3 Å². The first-order chi connectivity index (χ1) is 4.63. The predicted molar refractivity (Wildman–Crippen MR) is 28.9 cm³/mol. The van der Waals surface area contributed by atoms with Crippen molar-refractivity contribution < 1.29 is 24.4 Å². The van der Waals surface area contributed by atoms with Crippen molar-refractivity contribution in [2.75, 3.05) is 6.61 Å². The molecule has 0 aliphatic carbocycles. The van der Waals surface area contributed by atoms with Crippen molar-refractivity contribution in [2.24, 2.45) is 0 Å². The Bertz CT molecular complexity index is 106. The molecule has 10 heavy (non-hydrogen) atoms. The summed E-state index contributed by atoms with van der Waals surface area (Å²) in [6, 6.07) is 0. The number of hydrogen-bond acceptors (Lipinski definition) is 4. The Morgan fingerprint density at radius 2 is 1.90 bits per heavy atom. The second kappa shape index (κ2) is 2.79. The fourth-order valence-corrected chi connectivity index (χ4v) is 0.769. The first-order valence-corrected chi connectivity index (χ1v) is 2.93. The molecule has 1 aliphatic rings. The van der Waals surface area contributed by atoms with Gasteiger partial charge in [-0.1, -0.05) is 0 Å². The molecule has 1 heterocycles. The summed E-state index contributed by atoms with van der Waals surface area (Å²) in [7, 11) is 0. The van der Waals surface area contributed by atoms with E-state index in [1.807, 2.05) is 0 Å². The maximum atomic E-state index is 12.4. The molecule has 1 fully saturated rings. The standard InChI is InChI=1S/C5H9FO4/c6-3-4(8)2(7)1-10-5(3)9/h2-5,7-9H,1H2/t2-,3+,4+,5+/m1/s1. The van der Waals surface area contributed by atoms with Crippen molar-refractivity contribution >= 4 is 0 Å². The van der Waals surface area contributed by atoms with Gasteiger partial charge in [0, 0.05) is 0 Å². The lowest BCUT2D eigenvalue weighted by Gasteiger charge is -2.30. The van der Waals surface area contributed by atoms with Crippen molar-refractivity contribution in [2.45, 2.75) is 24.7 Å². The lowest BCUT2D eigenvalue weighted by atomic mass is 10.1. The summed E-state index contributed by atoms with van der Waals surface area (Å²) < 4.78 is 16.8. The zero-order valence-electron chi connectivity index (χ0n) is 5.14. The Kier molecular flexibility index (Phi) is 2.20. The van der Waals surface area contributed by atoms with E-state index in [2.05, 4.69) is 4.74 Å². The summed E-state index contributed by atoms with van der Waals surface area (Å²) in [4.78, 5) is 0. The number of aliphatic hydroxyl groups excluding tert-OH is 3. The van der Waals surface area contributed by atoms with Gasteiger partial charge in [-0.25, -0.2) is 4.39 Å². The molecule has 1 rings (SSSR count). The molecule has 5 heteroatoms. The van der Waals surface area contributed by atoms with Crippen LogP contribution < -0.4 is 0 Å². The van der Waals surface area contributed by atoms with Gasteiger partial charge >= 0.3 is 0 Å². The van der Waals surface area contributed by atoms with Gasteiger partial charge in [0.15, 0.2) is 12.5 Å². The average Bonchev–Trinajstić information content (AvgIpc) is 1.93. The second-order valence-corrected chi connectivity index (χ2v) is 2.23. The van der Waals surface area contributed by atoms with Crippen LogP contribution in [0.15, 0.2) is 0 Å². The van der Waals surface area contributed by atoms with E-state index in [0.717, 1.165) is 0 Å². The summed E-state index contributed by atoms with van der Waals surface area (Å²) >= 11 is 0. The highest BCUT2D eigenvalue weighted by molar-refractivity contribution is 4.81. The molecular formula is C5H9FO4. The fourth-order valence-electron chi connectivity index (χ4n) is 0.769. The highest BCUT2D eigenvalue weighted by Gasteiger charge is 2.37. The van der Waals surface area contributed by atoms with Gasteiger partial charge in [0.05, 0.1) is 6.61 Å². The molecule has 4 nitrogen and oxygen atoms in total. The second-order valence-electron chi connectivity index (χ2n) is 2.23. The quantitative estimate of drug-likeness (QED) is 0.391. The van der Waals surface area contributed by atoms with E-state index in [0.29, 0.717) is 0 Å². The normalized spacial score (nSPS) is 49.2. The lowest BCUT2D eigenvalue weighted by molar-refractivity contribution is -0.233. The Labute approximate surface area is 56.9 Å². The van der Waals surface area contributed by atoms with Crippen LogP contribution in [0.4, 0.5) is 4.39 Å². The number of rotatable bonds is 0. The van der Waals surface area contributed by atoms with Crippen LogP contribution in [0, 0.1) is 0 Å². The van der Waals surface area contributed by atoms with Gasteiger partial charge < -0.3 is 20.1 Å². The summed E-state index contributed by atoms with van der Waals surface area (Å²) in [6.45, 7) is -0.233. The highest BCUT2D eigenvalue weighted by Crippen LogP contribution is 2.16. The fraction of sp³-hybridized carbons (Fsp3) is 1.00. The third kappa shape index (κ3) is 1.27. The number of ether oxygens (including phenoxy) is 1. The number of alkyl halides is 1. The van der Waals surface area contributed by atoms with Gasteiger partial charge in [-0.05, 0) is 0 Å². The van der Waals surface area contributed by atoms with E-state index < -0.39 is 24.7 Å². The predicted octanol–water partition coefficient (Wildman–Crippen LogP) is -1.61. The topological polar surface area (TPSA) is 69.9 Å². The molecule has 0 aromatic carbocycles. The van der Waals surface area contributed by atoms with E-state index in [1.54, 1.807) is 0 Å². The summed E-state index contributed by atoms with van der Waals surface area (Å²) in [5, 5.41) is 26.1. The van der Waals surface area contributed by atoms with Crippen LogP contribution in [0.3, 0.4) is 0 Å². The molecule has 4 atom stereocenters. The molecule has 0 aromatic heterocycles. The zero-order valence-corrected chi connectivity index (χ0v) is 5.14.